The summed E-state index contributed by atoms with van der Waals surface area (Å²) in [6.45, 7) is 5.24. The van der Waals surface area contributed by atoms with Crippen LogP contribution in [0.15, 0.2) is 30.3 Å². The van der Waals surface area contributed by atoms with Crippen LogP contribution >= 0.6 is 0 Å². The largest absolute Gasteiger partial charge is 0.368 e. The number of hydrogen-bond acceptors (Lipinski definition) is 4. The van der Waals surface area contributed by atoms with Crippen LogP contribution in [-0.2, 0) is 16.0 Å². The Labute approximate surface area is 146 Å². The molecular weight excluding hydrogens is 321 g/mol. The van der Waals surface area contributed by atoms with Gasteiger partial charge in [-0.1, -0.05) is 18.2 Å². The van der Waals surface area contributed by atoms with E-state index < -0.39 is 0 Å². The summed E-state index contributed by atoms with van der Waals surface area (Å²) in [6, 6.07) is 8.47. The van der Waals surface area contributed by atoms with Gasteiger partial charge in [-0.3, -0.25) is 4.79 Å². The number of amides is 1. The smallest absolute Gasteiger partial charge is 0.223 e. The highest BCUT2D eigenvalue weighted by Gasteiger charge is 2.26. The Morgan fingerprint density at radius 3 is 2.88 bits per heavy atom. The Morgan fingerprint density at radius 1 is 1.32 bits per heavy atom. The van der Waals surface area contributed by atoms with Gasteiger partial charge in [0, 0.05) is 18.7 Å². The van der Waals surface area contributed by atoms with Crippen LogP contribution in [0.4, 0.5) is 4.39 Å². The van der Waals surface area contributed by atoms with Gasteiger partial charge in [0.15, 0.2) is 0 Å². The molecule has 5 nitrogen and oxygen atoms in total. The minimum absolute atomic E-state index is 0.0130. The topological polar surface area (TPSA) is 55.3 Å². The van der Waals surface area contributed by atoms with Crippen molar-refractivity contribution >= 4 is 5.91 Å². The van der Waals surface area contributed by atoms with Crippen LogP contribution in [0.1, 0.15) is 35.3 Å². The standard InChI is InChI=1S/C19H22FN3O2/c1-13-11-17(22-14(2)21-13)18-12-23(9-10-25-18)19(24)8-7-15-5-3-4-6-16(15)20/h3-6,11,18H,7-10,12H2,1-2H3/t18-/m0/s1. The second kappa shape index (κ2) is 7.70. The first-order valence-electron chi connectivity index (χ1n) is 8.48. The number of halogens is 1. The molecule has 1 fully saturated rings. The Morgan fingerprint density at radius 2 is 2.12 bits per heavy atom. The van der Waals surface area contributed by atoms with Gasteiger partial charge in [-0.05, 0) is 38.0 Å². The van der Waals surface area contributed by atoms with Crippen LogP contribution < -0.4 is 0 Å². The van der Waals surface area contributed by atoms with E-state index >= 15 is 0 Å². The van der Waals surface area contributed by atoms with Gasteiger partial charge in [0.1, 0.15) is 17.7 Å². The number of aromatic nitrogens is 2. The van der Waals surface area contributed by atoms with Crippen molar-refractivity contribution in [2.24, 2.45) is 0 Å². The summed E-state index contributed by atoms with van der Waals surface area (Å²) in [5.41, 5.74) is 2.26. The molecule has 25 heavy (non-hydrogen) atoms. The number of aryl methyl sites for hydroxylation is 3. The lowest BCUT2D eigenvalue weighted by molar-refractivity contribution is -0.139. The van der Waals surface area contributed by atoms with E-state index in [-0.39, 0.29) is 24.2 Å². The van der Waals surface area contributed by atoms with Crippen LogP contribution in [-0.4, -0.2) is 40.5 Å². The predicted molar refractivity (Wildman–Crippen MR) is 91.5 cm³/mol. The average Bonchev–Trinajstić information content (AvgIpc) is 2.60. The van der Waals surface area contributed by atoms with Crippen LogP contribution in [0.5, 0.6) is 0 Å². The maximum atomic E-state index is 13.7. The van der Waals surface area contributed by atoms with Crippen molar-refractivity contribution in [1.82, 2.24) is 14.9 Å². The van der Waals surface area contributed by atoms with E-state index in [9.17, 15) is 9.18 Å². The van der Waals surface area contributed by atoms with E-state index in [1.807, 2.05) is 19.9 Å². The maximum absolute atomic E-state index is 13.7. The van der Waals surface area contributed by atoms with E-state index in [0.29, 0.717) is 37.5 Å². The molecule has 1 aromatic carbocycles. The third-order valence-corrected chi connectivity index (χ3v) is 4.30. The summed E-state index contributed by atoms with van der Waals surface area (Å²) >= 11 is 0. The van der Waals surface area contributed by atoms with E-state index in [0.717, 1.165) is 11.4 Å². The Bertz CT molecular complexity index is 746. The number of morpholine rings is 1. The SMILES string of the molecule is Cc1cc([C@@H]2CN(C(=O)CCc3ccccc3F)CCO2)nc(C)n1. The van der Waals surface area contributed by atoms with Gasteiger partial charge in [-0.2, -0.15) is 0 Å². The normalized spacial score (nSPS) is 17.6. The number of carbonyl (C=O) groups excluding carboxylic acids is 1. The van der Waals surface area contributed by atoms with Gasteiger partial charge in [-0.25, -0.2) is 14.4 Å². The Kier molecular flexibility index (Phi) is 5.38. The third-order valence-electron chi connectivity index (χ3n) is 4.30. The highest BCUT2D eigenvalue weighted by Crippen LogP contribution is 2.22. The minimum Gasteiger partial charge on any atom is -0.368 e. The molecule has 0 unspecified atom stereocenters. The summed E-state index contributed by atoms with van der Waals surface area (Å²) in [7, 11) is 0. The summed E-state index contributed by atoms with van der Waals surface area (Å²) in [5.74, 6) is 0.447. The molecule has 1 aliphatic heterocycles. The summed E-state index contributed by atoms with van der Waals surface area (Å²) in [4.78, 5) is 23.0. The number of benzene rings is 1. The van der Waals surface area contributed by atoms with E-state index in [1.165, 1.54) is 6.07 Å². The predicted octanol–water partition coefficient (Wildman–Crippen LogP) is 2.77. The highest BCUT2D eigenvalue weighted by atomic mass is 19.1. The summed E-state index contributed by atoms with van der Waals surface area (Å²) < 4.78 is 19.5. The van der Waals surface area contributed by atoms with Crippen LogP contribution in [0.2, 0.25) is 0 Å². The molecule has 1 saturated heterocycles. The van der Waals surface area contributed by atoms with Crippen molar-refractivity contribution in [3.63, 3.8) is 0 Å². The molecule has 0 saturated carbocycles. The van der Waals surface area contributed by atoms with Crippen LogP contribution in [0, 0.1) is 19.7 Å². The second-order valence-electron chi connectivity index (χ2n) is 6.27. The minimum atomic E-state index is -0.262. The molecule has 0 bridgehead atoms. The molecule has 3 rings (SSSR count). The van der Waals surface area contributed by atoms with Crippen molar-refractivity contribution < 1.29 is 13.9 Å². The zero-order valence-corrected chi connectivity index (χ0v) is 14.5. The molecular formula is C19H22FN3O2. The molecule has 2 heterocycles. The summed E-state index contributed by atoms with van der Waals surface area (Å²) in [6.07, 6.45) is 0.445. The molecule has 0 aliphatic carbocycles. The number of ether oxygens (including phenoxy) is 1. The van der Waals surface area contributed by atoms with Crippen molar-refractivity contribution in [1.29, 1.82) is 0 Å². The third kappa shape index (κ3) is 4.39. The maximum Gasteiger partial charge on any atom is 0.223 e. The summed E-state index contributed by atoms with van der Waals surface area (Å²) in [5, 5.41) is 0. The molecule has 2 aromatic rings. The van der Waals surface area contributed by atoms with E-state index in [2.05, 4.69) is 9.97 Å². The van der Waals surface area contributed by atoms with E-state index in [1.54, 1.807) is 23.1 Å². The van der Waals surface area contributed by atoms with Crippen molar-refractivity contribution in [3.8, 4) is 0 Å². The molecule has 1 amide bonds. The lowest BCUT2D eigenvalue weighted by Crippen LogP contribution is -2.42. The van der Waals surface area contributed by atoms with Crippen molar-refractivity contribution in [2.45, 2.75) is 32.8 Å². The van der Waals surface area contributed by atoms with Gasteiger partial charge in [0.05, 0.1) is 18.8 Å². The first kappa shape index (κ1) is 17.5. The van der Waals surface area contributed by atoms with Gasteiger partial charge >= 0.3 is 0 Å². The lowest BCUT2D eigenvalue weighted by Gasteiger charge is -2.33. The van der Waals surface area contributed by atoms with Gasteiger partial charge in [-0.15, -0.1) is 0 Å². The number of rotatable bonds is 4. The average molecular weight is 343 g/mol. The lowest BCUT2D eigenvalue weighted by atomic mass is 10.1. The monoisotopic (exact) mass is 343 g/mol. The number of nitrogens with zero attached hydrogens (tertiary/aromatic N) is 3. The fraction of sp³-hybridized carbons (Fsp3) is 0.421. The highest BCUT2D eigenvalue weighted by molar-refractivity contribution is 5.76. The molecule has 1 atom stereocenters. The molecule has 0 N–H and O–H groups in total. The van der Waals surface area contributed by atoms with Gasteiger partial charge in [0.25, 0.3) is 0 Å². The molecule has 0 radical (unpaired) electrons. The van der Waals surface area contributed by atoms with Gasteiger partial charge in [0.2, 0.25) is 5.91 Å². The van der Waals surface area contributed by atoms with Crippen molar-refractivity contribution in [2.75, 3.05) is 19.7 Å². The molecule has 1 aliphatic rings. The molecule has 1 aromatic heterocycles. The Hall–Kier alpha value is -2.34. The molecule has 0 spiro atoms. The zero-order valence-electron chi connectivity index (χ0n) is 14.5. The van der Waals surface area contributed by atoms with Crippen molar-refractivity contribution in [3.05, 3.63) is 58.9 Å². The van der Waals surface area contributed by atoms with Crippen LogP contribution in [0.3, 0.4) is 0 Å². The van der Waals surface area contributed by atoms with E-state index in [4.69, 9.17) is 4.74 Å². The first-order chi connectivity index (χ1) is 12.0. The second-order valence-corrected chi connectivity index (χ2v) is 6.27. The van der Waals surface area contributed by atoms with Crippen LogP contribution in [0.25, 0.3) is 0 Å². The van der Waals surface area contributed by atoms with Gasteiger partial charge < -0.3 is 9.64 Å². The first-order valence-corrected chi connectivity index (χ1v) is 8.48. The molecule has 6 heteroatoms. The molecule has 132 valence electrons. The zero-order chi connectivity index (χ0) is 17.8. The fourth-order valence-corrected chi connectivity index (χ4v) is 3.07. The number of hydrogen-bond donors (Lipinski definition) is 0. The Balaban J connectivity index is 1.62. The quantitative estimate of drug-likeness (QED) is 0.857. The fourth-order valence-electron chi connectivity index (χ4n) is 3.07. The number of carbonyl (C=O) groups is 1.